The Kier molecular flexibility index (Phi) is 7.88. The van der Waals surface area contributed by atoms with Gasteiger partial charge >= 0.3 is 11.9 Å². The molecule has 1 aliphatic rings. The van der Waals surface area contributed by atoms with Crippen molar-refractivity contribution in [3.8, 4) is 17.4 Å². The number of hydrogen-bond acceptors (Lipinski definition) is 6. The average Bonchev–Trinajstić information content (AvgIpc) is 2.85. The number of alkyl halides is 3. The predicted octanol–water partition coefficient (Wildman–Crippen LogP) is 5.42. The van der Waals surface area contributed by atoms with Gasteiger partial charge < -0.3 is 19.1 Å². The van der Waals surface area contributed by atoms with Crippen LogP contribution in [0.1, 0.15) is 18.1 Å². The van der Waals surface area contributed by atoms with Crippen LogP contribution in [0, 0.1) is 11.6 Å². The summed E-state index contributed by atoms with van der Waals surface area (Å²) in [7, 11) is 0. The number of benzene rings is 2. The quantitative estimate of drug-likeness (QED) is 0.369. The van der Waals surface area contributed by atoms with E-state index in [1.165, 1.54) is 10.6 Å². The van der Waals surface area contributed by atoms with Gasteiger partial charge in [-0.05, 0) is 31.2 Å². The van der Waals surface area contributed by atoms with E-state index in [2.05, 4.69) is 4.98 Å². The Balaban J connectivity index is 1.63. The van der Waals surface area contributed by atoms with E-state index >= 15 is 0 Å². The molecule has 0 bridgehead atoms. The number of ether oxygens (including phenoxy) is 3. The van der Waals surface area contributed by atoms with Gasteiger partial charge in [-0.1, -0.05) is 11.6 Å². The summed E-state index contributed by atoms with van der Waals surface area (Å²) in [5.41, 5.74) is -1.91. The summed E-state index contributed by atoms with van der Waals surface area (Å²) in [6, 6.07) is 5.64. The van der Waals surface area contributed by atoms with E-state index in [1.54, 1.807) is 6.92 Å². The highest BCUT2D eigenvalue weighted by atomic mass is 35.5. The van der Waals surface area contributed by atoms with Gasteiger partial charge in [-0.15, -0.1) is 0 Å². The van der Waals surface area contributed by atoms with Crippen molar-refractivity contribution in [2.75, 3.05) is 31.2 Å². The van der Waals surface area contributed by atoms with Crippen LogP contribution in [0.3, 0.4) is 0 Å². The van der Waals surface area contributed by atoms with Crippen molar-refractivity contribution in [3.63, 3.8) is 0 Å². The van der Waals surface area contributed by atoms with Crippen molar-refractivity contribution in [1.82, 2.24) is 9.55 Å². The van der Waals surface area contributed by atoms with Crippen molar-refractivity contribution in [1.29, 1.82) is 0 Å². The maximum Gasteiger partial charge on any atom is 0.417 e. The Hall–Kier alpha value is -3.38. The Labute approximate surface area is 213 Å². The summed E-state index contributed by atoms with van der Waals surface area (Å²) in [5.74, 6) is -2.60. The van der Waals surface area contributed by atoms with Crippen LogP contribution in [0.2, 0.25) is 5.02 Å². The van der Waals surface area contributed by atoms with Crippen molar-refractivity contribution in [2.45, 2.75) is 26.3 Å². The number of aromatic nitrogens is 2. The van der Waals surface area contributed by atoms with E-state index in [4.69, 9.17) is 25.8 Å². The SMILES string of the molecule is CCn1c(N2CCOCC2)cc(OCc2cc(F)cc(F)c2Oc2ccc(Cl)c(C(F)(F)F)c2)nc1=O. The summed E-state index contributed by atoms with van der Waals surface area (Å²) in [6.07, 6.45) is -4.77. The number of nitrogens with zero attached hydrogens (tertiary/aromatic N) is 3. The first-order chi connectivity index (χ1) is 17.6. The van der Waals surface area contributed by atoms with Gasteiger partial charge in [0.2, 0.25) is 5.88 Å². The van der Waals surface area contributed by atoms with Gasteiger partial charge in [0.1, 0.15) is 24.0 Å². The van der Waals surface area contributed by atoms with E-state index in [9.17, 15) is 26.7 Å². The molecule has 13 heteroatoms. The van der Waals surface area contributed by atoms with Crippen molar-refractivity contribution in [2.24, 2.45) is 0 Å². The number of rotatable bonds is 7. The van der Waals surface area contributed by atoms with Crippen molar-refractivity contribution < 1.29 is 36.2 Å². The molecule has 0 atom stereocenters. The van der Waals surface area contributed by atoms with Gasteiger partial charge in [-0.3, -0.25) is 4.57 Å². The molecule has 1 saturated heterocycles. The molecule has 198 valence electrons. The fraction of sp³-hybridized carbons (Fsp3) is 0.333. The van der Waals surface area contributed by atoms with Gasteiger partial charge in [0.05, 0.1) is 23.8 Å². The fourth-order valence-corrected chi connectivity index (χ4v) is 4.01. The lowest BCUT2D eigenvalue weighted by Crippen LogP contribution is -2.40. The second-order valence-corrected chi connectivity index (χ2v) is 8.39. The third-order valence-corrected chi connectivity index (χ3v) is 5.87. The number of morpholine rings is 1. The van der Waals surface area contributed by atoms with Crippen LogP contribution in [-0.4, -0.2) is 35.9 Å². The Morgan fingerprint density at radius 2 is 1.84 bits per heavy atom. The molecule has 1 aromatic heterocycles. The summed E-state index contributed by atoms with van der Waals surface area (Å²) in [5, 5.41) is -0.563. The summed E-state index contributed by atoms with van der Waals surface area (Å²) in [6.45, 7) is 3.67. The lowest BCUT2D eigenvalue weighted by atomic mass is 10.1. The fourth-order valence-electron chi connectivity index (χ4n) is 3.79. The highest BCUT2D eigenvalue weighted by Crippen LogP contribution is 2.39. The zero-order chi connectivity index (χ0) is 26.7. The lowest BCUT2D eigenvalue weighted by molar-refractivity contribution is -0.137. The van der Waals surface area contributed by atoms with Gasteiger partial charge in [0.15, 0.2) is 11.6 Å². The Morgan fingerprint density at radius 1 is 1.11 bits per heavy atom. The summed E-state index contributed by atoms with van der Waals surface area (Å²) in [4.78, 5) is 18.4. The van der Waals surface area contributed by atoms with Crippen LogP contribution in [0.5, 0.6) is 17.4 Å². The van der Waals surface area contributed by atoms with E-state index in [0.717, 1.165) is 18.2 Å². The van der Waals surface area contributed by atoms with Crippen LogP contribution < -0.4 is 20.1 Å². The van der Waals surface area contributed by atoms with E-state index in [0.29, 0.717) is 50.8 Å². The number of halogens is 6. The van der Waals surface area contributed by atoms with Crippen LogP contribution >= 0.6 is 11.6 Å². The van der Waals surface area contributed by atoms with Crippen LogP contribution in [-0.2, 0) is 24.1 Å². The molecule has 0 aliphatic carbocycles. The molecular weight excluding hydrogens is 525 g/mol. The molecule has 7 nitrogen and oxygen atoms in total. The van der Waals surface area contributed by atoms with Gasteiger partial charge in [0.25, 0.3) is 0 Å². The maximum absolute atomic E-state index is 14.6. The largest absolute Gasteiger partial charge is 0.472 e. The monoisotopic (exact) mass is 545 g/mol. The first-order valence-corrected chi connectivity index (χ1v) is 11.5. The van der Waals surface area contributed by atoms with Crippen LogP contribution in [0.4, 0.5) is 27.8 Å². The van der Waals surface area contributed by atoms with E-state index in [-0.39, 0.29) is 17.2 Å². The van der Waals surface area contributed by atoms with Crippen molar-refractivity contribution in [3.05, 3.63) is 74.7 Å². The zero-order valence-corrected chi connectivity index (χ0v) is 20.2. The minimum atomic E-state index is -4.77. The van der Waals surface area contributed by atoms with E-state index in [1.807, 2.05) is 4.90 Å². The molecule has 1 aliphatic heterocycles. The molecule has 0 N–H and O–H groups in total. The summed E-state index contributed by atoms with van der Waals surface area (Å²) >= 11 is 5.62. The average molecular weight is 546 g/mol. The van der Waals surface area contributed by atoms with Crippen molar-refractivity contribution >= 4 is 17.4 Å². The van der Waals surface area contributed by atoms with Gasteiger partial charge in [-0.2, -0.15) is 18.2 Å². The minimum Gasteiger partial charge on any atom is -0.472 e. The minimum absolute atomic E-state index is 0.0994. The molecule has 0 spiro atoms. The Morgan fingerprint density at radius 3 is 2.51 bits per heavy atom. The molecule has 0 radical (unpaired) electrons. The molecule has 37 heavy (non-hydrogen) atoms. The third-order valence-electron chi connectivity index (χ3n) is 5.54. The van der Waals surface area contributed by atoms with Gasteiger partial charge in [0, 0.05) is 37.3 Å². The highest BCUT2D eigenvalue weighted by Gasteiger charge is 2.34. The van der Waals surface area contributed by atoms with Crippen LogP contribution in [0.25, 0.3) is 0 Å². The molecule has 1 fully saturated rings. The standard InChI is InChI=1S/C24H21ClF5N3O4/c1-2-33-21(32-5-7-35-8-6-32)12-20(31-23(33)34)36-13-14-9-15(26)10-19(27)22(14)37-16-3-4-18(25)17(11-16)24(28,29)30/h3-4,9-12H,2,5-8,13H2,1H3. The Bertz CT molecular complexity index is 1340. The topological polar surface area (TPSA) is 65.8 Å². The normalized spacial score (nSPS) is 14.1. The smallest absolute Gasteiger partial charge is 0.417 e. The van der Waals surface area contributed by atoms with Gasteiger partial charge in [-0.25, -0.2) is 13.6 Å². The van der Waals surface area contributed by atoms with E-state index < -0.39 is 46.4 Å². The van der Waals surface area contributed by atoms with Crippen LogP contribution in [0.15, 0.2) is 41.2 Å². The number of hydrogen-bond donors (Lipinski definition) is 0. The molecule has 2 heterocycles. The molecule has 0 saturated carbocycles. The molecule has 0 unspecified atom stereocenters. The second-order valence-electron chi connectivity index (χ2n) is 7.98. The second kappa shape index (κ2) is 10.9. The predicted molar refractivity (Wildman–Crippen MR) is 124 cm³/mol. The maximum atomic E-state index is 14.6. The molecule has 2 aromatic carbocycles. The third kappa shape index (κ3) is 6.13. The first kappa shape index (κ1) is 26.7. The zero-order valence-electron chi connectivity index (χ0n) is 19.4. The first-order valence-electron chi connectivity index (χ1n) is 11.2. The molecule has 0 amide bonds. The highest BCUT2D eigenvalue weighted by molar-refractivity contribution is 6.31. The summed E-state index contributed by atoms with van der Waals surface area (Å²) < 4.78 is 86.1. The lowest BCUT2D eigenvalue weighted by Gasteiger charge is -2.30. The molecule has 3 aromatic rings. The molecule has 4 rings (SSSR count). The number of anilines is 1. The molecular formula is C24H21ClF5N3O4.